The van der Waals surface area contributed by atoms with Crippen molar-refractivity contribution in [2.45, 2.75) is 117 Å². The standard InChI is InChI=1S/C30H51N9O3/c1-13(2)19-25-31-23(16(7)37(25)10)29(41)35-21(15(5)6)27-33-24(18(9)39(27)12)30(42)36-20(14(3)4)26-32-22(28(40)34-19)17(8)38(26)11/h13-24H,1-12H3,(H,34,40)(H,35,41)(H,36,42)/t16?,17?,18?,19-,20-,21-,22?,23?,24?/m0/s1. The Balaban J connectivity index is 1.84. The van der Waals surface area contributed by atoms with Crippen molar-refractivity contribution in [3.05, 3.63) is 0 Å². The van der Waals surface area contributed by atoms with Gasteiger partial charge in [0.05, 0.1) is 36.3 Å². The van der Waals surface area contributed by atoms with Crippen LogP contribution in [0.5, 0.6) is 0 Å². The summed E-state index contributed by atoms with van der Waals surface area (Å²) in [6.45, 7) is 18.2. The van der Waals surface area contributed by atoms with Gasteiger partial charge >= 0.3 is 0 Å². The summed E-state index contributed by atoms with van der Waals surface area (Å²) in [5.74, 6) is 1.55. The van der Waals surface area contributed by atoms with E-state index >= 15 is 0 Å². The number of amides is 3. The van der Waals surface area contributed by atoms with E-state index in [-0.39, 0.29) is 53.6 Å². The second-order valence-corrected chi connectivity index (χ2v) is 13.5. The van der Waals surface area contributed by atoms with Gasteiger partial charge in [-0.1, -0.05) is 41.5 Å². The molecule has 0 aromatic rings. The number of rotatable bonds is 3. The summed E-state index contributed by atoms with van der Waals surface area (Å²) in [7, 11) is 5.78. The van der Waals surface area contributed by atoms with Crippen LogP contribution in [0, 0.1) is 17.8 Å². The highest BCUT2D eigenvalue weighted by molar-refractivity contribution is 6.03. The maximum absolute atomic E-state index is 13.8. The smallest absolute Gasteiger partial charge is 0.247 e. The van der Waals surface area contributed by atoms with E-state index in [4.69, 9.17) is 15.0 Å². The zero-order chi connectivity index (χ0) is 31.4. The minimum absolute atomic E-state index is 0.0266. The van der Waals surface area contributed by atoms with Crippen LogP contribution in [0.25, 0.3) is 0 Å². The molecule has 6 bridgehead atoms. The first-order chi connectivity index (χ1) is 19.6. The Morgan fingerprint density at radius 2 is 0.714 bits per heavy atom. The minimum atomic E-state index is -0.653. The summed E-state index contributed by atoms with van der Waals surface area (Å²) in [5.41, 5.74) is 0. The van der Waals surface area contributed by atoms with E-state index in [1.54, 1.807) is 0 Å². The van der Waals surface area contributed by atoms with Gasteiger partial charge < -0.3 is 30.7 Å². The SMILES string of the molecule is CC(C)[C@@H]1NC(=O)C2N=C([C@H](C(C)C)NC(=O)C3N=C([C@H](C(C)C)NC(=O)C4N=C1N(C)C4C)N(C)C3C)N(C)C2C. The molecule has 3 amide bonds. The molecule has 3 N–H and O–H groups in total. The summed E-state index contributed by atoms with van der Waals surface area (Å²) in [6, 6.07) is -3.77. The number of fused-ring (bicyclic) bond motifs is 3. The number of nitrogens with zero attached hydrogens (tertiary/aromatic N) is 6. The minimum Gasteiger partial charge on any atom is -0.356 e. The fourth-order valence-electron chi connectivity index (χ4n) is 6.32. The van der Waals surface area contributed by atoms with Crippen LogP contribution in [-0.2, 0) is 14.4 Å². The second-order valence-electron chi connectivity index (χ2n) is 13.5. The number of carbonyl (C=O) groups excluding carboxylic acids is 3. The quantitative estimate of drug-likeness (QED) is 0.447. The molecule has 0 radical (unpaired) electrons. The fraction of sp³-hybridized carbons (Fsp3) is 0.800. The van der Waals surface area contributed by atoms with E-state index in [2.05, 4.69) is 16.0 Å². The highest BCUT2D eigenvalue weighted by Crippen LogP contribution is 2.26. The molecule has 12 nitrogen and oxygen atoms in total. The summed E-state index contributed by atoms with van der Waals surface area (Å²) < 4.78 is 0. The van der Waals surface area contributed by atoms with Crippen molar-refractivity contribution in [2.75, 3.05) is 21.1 Å². The zero-order valence-electron chi connectivity index (χ0n) is 27.3. The molecular weight excluding hydrogens is 534 g/mol. The largest absolute Gasteiger partial charge is 0.356 e. The summed E-state index contributed by atoms with van der Waals surface area (Å²) in [5, 5.41) is 9.66. The molecule has 0 aromatic heterocycles. The lowest BCUT2D eigenvalue weighted by molar-refractivity contribution is -0.124. The number of carbonyl (C=O) groups is 3. The first-order valence-corrected chi connectivity index (χ1v) is 15.4. The van der Waals surface area contributed by atoms with E-state index in [0.717, 1.165) is 0 Å². The number of aliphatic imine (C=N–C) groups is 3. The van der Waals surface area contributed by atoms with Crippen LogP contribution in [0.3, 0.4) is 0 Å². The van der Waals surface area contributed by atoms with Gasteiger partial charge in [-0.05, 0) is 38.5 Å². The van der Waals surface area contributed by atoms with Crippen molar-refractivity contribution in [3.63, 3.8) is 0 Å². The maximum atomic E-state index is 13.8. The Kier molecular flexibility index (Phi) is 8.95. The predicted octanol–water partition coefficient (Wildman–Crippen LogP) is 0.725. The predicted molar refractivity (Wildman–Crippen MR) is 166 cm³/mol. The van der Waals surface area contributed by atoms with Gasteiger partial charge in [-0.3, -0.25) is 29.4 Å². The molecule has 12 heteroatoms. The second kappa shape index (κ2) is 11.8. The number of hydrogen-bond donors (Lipinski definition) is 3. The molecule has 9 atom stereocenters. The van der Waals surface area contributed by atoms with Crippen LogP contribution in [-0.4, -0.2) is 125 Å². The normalized spacial score (nSPS) is 36.1. The molecule has 0 saturated carbocycles. The molecule has 234 valence electrons. The van der Waals surface area contributed by atoms with E-state index in [0.29, 0.717) is 17.5 Å². The molecule has 4 rings (SSSR count). The van der Waals surface area contributed by atoms with Gasteiger partial charge in [0.2, 0.25) is 17.7 Å². The highest BCUT2D eigenvalue weighted by atomic mass is 16.2. The van der Waals surface area contributed by atoms with Gasteiger partial charge in [-0.15, -0.1) is 0 Å². The summed E-state index contributed by atoms with van der Waals surface area (Å²) >= 11 is 0. The molecule has 0 aliphatic carbocycles. The molecule has 0 spiro atoms. The molecule has 42 heavy (non-hydrogen) atoms. The Labute approximate surface area is 250 Å². The van der Waals surface area contributed by atoms with E-state index < -0.39 is 36.3 Å². The Morgan fingerprint density at radius 1 is 0.500 bits per heavy atom. The van der Waals surface area contributed by atoms with Gasteiger partial charge in [-0.2, -0.15) is 0 Å². The van der Waals surface area contributed by atoms with Gasteiger partial charge in [0, 0.05) is 21.1 Å². The first kappa shape index (κ1) is 31.7. The Morgan fingerprint density at radius 3 is 0.905 bits per heavy atom. The highest BCUT2D eigenvalue weighted by Gasteiger charge is 2.46. The number of nitrogens with one attached hydrogen (secondary N) is 3. The van der Waals surface area contributed by atoms with E-state index in [1.807, 2.05) is 98.2 Å². The third-order valence-corrected chi connectivity index (χ3v) is 9.64. The average molecular weight is 586 g/mol. The molecule has 4 aliphatic rings. The van der Waals surface area contributed by atoms with Crippen LogP contribution >= 0.6 is 0 Å². The zero-order valence-corrected chi connectivity index (χ0v) is 27.3. The molecule has 0 fully saturated rings. The van der Waals surface area contributed by atoms with Crippen molar-refractivity contribution >= 4 is 35.2 Å². The van der Waals surface area contributed by atoms with Crippen molar-refractivity contribution in [3.8, 4) is 0 Å². The van der Waals surface area contributed by atoms with Crippen molar-refractivity contribution in [2.24, 2.45) is 32.7 Å². The number of likely N-dealkylation sites (N-methyl/N-ethyl adjacent to an activating group) is 3. The lowest BCUT2D eigenvalue weighted by Crippen LogP contribution is -2.55. The van der Waals surface area contributed by atoms with Crippen LogP contribution in [0.4, 0.5) is 0 Å². The monoisotopic (exact) mass is 585 g/mol. The van der Waals surface area contributed by atoms with Gasteiger partial charge in [-0.25, -0.2) is 0 Å². The third-order valence-electron chi connectivity index (χ3n) is 9.64. The molecule has 4 aliphatic heterocycles. The topological polar surface area (TPSA) is 134 Å². The van der Waals surface area contributed by atoms with Gasteiger partial charge in [0.1, 0.15) is 17.5 Å². The Bertz CT molecular complexity index is 1040. The molecular formula is C30H51N9O3. The van der Waals surface area contributed by atoms with Crippen molar-refractivity contribution in [1.29, 1.82) is 0 Å². The maximum Gasteiger partial charge on any atom is 0.247 e. The first-order valence-electron chi connectivity index (χ1n) is 15.4. The lowest BCUT2D eigenvalue weighted by atomic mass is 10.0. The fourth-order valence-corrected chi connectivity index (χ4v) is 6.32. The van der Waals surface area contributed by atoms with E-state index in [9.17, 15) is 14.4 Å². The van der Waals surface area contributed by atoms with Crippen LogP contribution < -0.4 is 16.0 Å². The summed E-state index contributed by atoms with van der Waals surface area (Å²) in [4.78, 5) is 62.1. The molecule has 0 saturated heterocycles. The number of amidine groups is 3. The van der Waals surface area contributed by atoms with Crippen LogP contribution in [0.15, 0.2) is 15.0 Å². The number of hydrogen-bond acceptors (Lipinski definition) is 9. The van der Waals surface area contributed by atoms with Crippen molar-refractivity contribution < 1.29 is 14.4 Å². The lowest BCUT2D eigenvalue weighted by Gasteiger charge is -2.31. The Hall–Kier alpha value is -3.18. The van der Waals surface area contributed by atoms with Crippen molar-refractivity contribution in [1.82, 2.24) is 30.7 Å². The van der Waals surface area contributed by atoms with Crippen LogP contribution in [0.1, 0.15) is 62.3 Å². The van der Waals surface area contributed by atoms with Crippen LogP contribution in [0.2, 0.25) is 0 Å². The van der Waals surface area contributed by atoms with Gasteiger partial charge in [0.25, 0.3) is 0 Å². The molecule has 6 unspecified atom stereocenters. The average Bonchev–Trinajstić information content (AvgIpc) is 3.49. The molecule has 0 aromatic carbocycles. The van der Waals surface area contributed by atoms with Gasteiger partial charge in [0.15, 0.2) is 18.1 Å². The molecule has 4 heterocycles. The summed E-state index contributed by atoms with van der Waals surface area (Å²) in [6.07, 6.45) is 0. The van der Waals surface area contributed by atoms with E-state index in [1.165, 1.54) is 0 Å². The third kappa shape index (κ3) is 5.48.